The highest BCUT2D eigenvalue weighted by Crippen LogP contribution is 2.35. The summed E-state index contributed by atoms with van der Waals surface area (Å²) in [6.45, 7) is 1.82. The lowest BCUT2D eigenvalue weighted by Gasteiger charge is -2.21. The molecule has 30 heavy (non-hydrogen) atoms. The number of thiazole rings is 1. The number of hydrogen-bond acceptors (Lipinski definition) is 5. The van der Waals surface area contributed by atoms with Gasteiger partial charge in [0, 0.05) is 22.5 Å². The molecule has 0 saturated heterocycles. The summed E-state index contributed by atoms with van der Waals surface area (Å²) in [5.74, 6) is -2.31. The van der Waals surface area contributed by atoms with Crippen LogP contribution in [0.1, 0.15) is 22.8 Å². The van der Waals surface area contributed by atoms with E-state index in [1.54, 1.807) is 23.6 Å². The van der Waals surface area contributed by atoms with E-state index in [0.717, 1.165) is 35.3 Å². The van der Waals surface area contributed by atoms with Crippen molar-refractivity contribution in [3.8, 4) is 11.3 Å². The van der Waals surface area contributed by atoms with Crippen molar-refractivity contribution in [1.82, 2.24) is 4.98 Å². The SMILES string of the molecule is C[C@@H]1Cc2cc(C(=O)Nc3nc(-c4ccc(F)c(F)c4)cs3)ccc2N1S(C)(=O)=O. The minimum atomic E-state index is -3.40. The van der Waals surface area contributed by atoms with Gasteiger partial charge in [0.25, 0.3) is 5.91 Å². The Hall–Kier alpha value is -2.85. The third-order valence-corrected chi connectivity index (χ3v) is 6.82. The van der Waals surface area contributed by atoms with E-state index in [2.05, 4.69) is 10.3 Å². The molecule has 3 aromatic rings. The molecule has 0 bridgehead atoms. The maximum absolute atomic E-state index is 13.4. The zero-order chi connectivity index (χ0) is 21.6. The number of rotatable bonds is 4. The lowest BCUT2D eigenvalue weighted by Crippen LogP contribution is -2.34. The molecule has 1 aromatic heterocycles. The van der Waals surface area contributed by atoms with Crippen molar-refractivity contribution in [3.63, 3.8) is 0 Å². The Bertz CT molecular complexity index is 1260. The predicted molar refractivity (Wildman–Crippen MR) is 112 cm³/mol. The molecule has 2 aromatic carbocycles. The summed E-state index contributed by atoms with van der Waals surface area (Å²) in [5, 5.41) is 4.63. The number of nitrogens with zero attached hydrogens (tertiary/aromatic N) is 2. The van der Waals surface area contributed by atoms with Crippen LogP contribution in [0.3, 0.4) is 0 Å². The van der Waals surface area contributed by atoms with Gasteiger partial charge in [0.05, 0.1) is 17.6 Å². The Labute approximate surface area is 176 Å². The van der Waals surface area contributed by atoms with Gasteiger partial charge in [-0.2, -0.15) is 0 Å². The van der Waals surface area contributed by atoms with Gasteiger partial charge in [-0.3, -0.25) is 14.4 Å². The fourth-order valence-electron chi connectivity index (χ4n) is 3.54. The van der Waals surface area contributed by atoms with Gasteiger partial charge in [0.15, 0.2) is 16.8 Å². The molecule has 1 atom stereocenters. The molecule has 0 spiro atoms. The normalized spacial score (nSPS) is 15.9. The molecule has 0 aliphatic carbocycles. The molecule has 4 rings (SSSR count). The van der Waals surface area contributed by atoms with Gasteiger partial charge >= 0.3 is 0 Å². The van der Waals surface area contributed by atoms with E-state index in [0.29, 0.717) is 34.1 Å². The van der Waals surface area contributed by atoms with E-state index >= 15 is 0 Å². The molecule has 1 aliphatic rings. The highest BCUT2D eigenvalue weighted by Gasteiger charge is 2.32. The molecule has 1 aliphatic heterocycles. The van der Waals surface area contributed by atoms with E-state index in [-0.39, 0.29) is 6.04 Å². The van der Waals surface area contributed by atoms with Crippen molar-refractivity contribution in [1.29, 1.82) is 0 Å². The fourth-order valence-corrected chi connectivity index (χ4v) is 5.52. The van der Waals surface area contributed by atoms with Gasteiger partial charge in [0.1, 0.15) is 0 Å². The molecule has 0 fully saturated rings. The first-order valence-electron chi connectivity index (χ1n) is 8.98. The first kappa shape index (κ1) is 20.4. The van der Waals surface area contributed by atoms with Crippen LogP contribution in [0.4, 0.5) is 19.6 Å². The molecule has 156 valence electrons. The molecule has 10 heteroatoms. The number of anilines is 2. The van der Waals surface area contributed by atoms with E-state index in [1.807, 2.05) is 6.92 Å². The van der Waals surface area contributed by atoms with Crippen molar-refractivity contribution in [2.75, 3.05) is 15.9 Å². The Kier molecular flexibility index (Phi) is 5.07. The van der Waals surface area contributed by atoms with Crippen LogP contribution in [0, 0.1) is 11.6 Å². The first-order chi connectivity index (χ1) is 14.1. The van der Waals surface area contributed by atoms with Gasteiger partial charge in [-0.15, -0.1) is 11.3 Å². The lowest BCUT2D eigenvalue weighted by atomic mass is 10.1. The van der Waals surface area contributed by atoms with Gasteiger partial charge in [-0.05, 0) is 55.3 Å². The smallest absolute Gasteiger partial charge is 0.257 e. The van der Waals surface area contributed by atoms with Crippen LogP contribution in [-0.4, -0.2) is 31.6 Å². The van der Waals surface area contributed by atoms with Crippen molar-refractivity contribution in [3.05, 3.63) is 64.5 Å². The molecular formula is C20H17F2N3O3S2. The van der Waals surface area contributed by atoms with Crippen LogP contribution in [0.15, 0.2) is 41.8 Å². The Morgan fingerprint density at radius 1 is 1.20 bits per heavy atom. The largest absolute Gasteiger partial charge is 0.298 e. The lowest BCUT2D eigenvalue weighted by molar-refractivity contribution is 0.102. The average Bonchev–Trinajstić information content (AvgIpc) is 3.26. The molecule has 6 nitrogen and oxygen atoms in total. The van der Waals surface area contributed by atoms with Gasteiger partial charge in [-0.25, -0.2) is 22.2 Å². The predicted octanol–water partition coefficient (Wildman–Crippen LogP) is 4.05. The summed E-state index contributed by atoms with van der Waals surface area (Å²) in [7, 11) is -3.40. The molecule has 0 unspecified atom stereocenters. The van der Waals surface area contributed by atoms with Crippen LogP contribution in [0.25, 0.3) is 11.3 Å². The third-order valence-electron chi connectivity index (χ3n) is 4.79. The number of hydrogen-bond donors (Lipinski definition) is 1. The minimum absolute atomic E-state index is 0.217. The summed E-state index contributed by atoms with van der Waals surface area (Å²) in [4.78, 5) is 16.9. The molecule has 1 amide bonds. The minimum Gasteiger partial charge on any atom is -0.298 e. The number of carbonyl (C=O) groups excluding carboxylic acids is 1. The van der Waals surface area contributed by atoms with Crippen LogP contribution in [-0.2, 0) is 16.4 Å². The maximum Gasteiger partial charge on any atom is 0.257 e. The Balaban J connectivity index is 1.54. The summed E-state index contributed by atoms with van der Waals surface area (Å²) in [6, 6.07) is 8.13. The zero-order valence-corrected chi connectivity index (χ0v) is 17.7. The maximum atomic E-state index is 13.4. The summed E-state index contributed by atoms with van der Waals surface area (Å²) >= 11 is 1.16. The monoisotopic (exact) mass is 449 g/mol. The van der Waals surface area contributed by atoms with Gasteiger partial charge < -0.3 is 0 Å². The summed E-state index contributed by atoms with van der Waals surface area (Å²) < 4.78 is 51.9. The van der Waals surface area contributed by atoms with E-state index in [4.69, 9.17) is 0 Å². The standard InChI is InChI=1S/C20H17F2N3O3S2/c1-11-7-14-8-13(4-6-18(14)25(11)30(2,27)28)19(26)24-20-23-17(10-29-20)12-3-5-15(21)16(22)9-12/h3-6,8-11H,7H2,1-2H3,(H,23,24,26)/t11-/m1/s1. The second kappa shape index (κ2) is 7.44. The topological polar surface area (TPSA) is 79.4 Å². The van der Waals surface area contributed by atoms with Crippen LogP contribution in [0.2, 0.25) is 0 Å². The molecule has 1 N–H and O–H groups in total. The zero-order valence-electron chi connectivity index (χ0n) is 16.0. The molecule has 0 saturated carbocycles. The Morgan fingerprint density at radius 2 is 1.97 bits per heavy atom. The Morgan fingerprint density at radius 3 is 2.67 bits per heavy atom. The number of halogens is 2. The van der Waals surface area contributed by atoms with Crippen molar-refractivity contribution in [2.45, 2.75) is 19.4 Å². The van der Waals surface area contributed by atoms with Crippen molar-refractivity contribution < 1.29 is 22.0 Å². The molecular weight excluding hydrogens is 432 g/mol. The second-order valence-corrected chi connectivity index (χ2v) is 9.79. The van der Waals surface area contributed by atoms with Crippen molar-refractivity contribution >= 4 is 38.1 Å². The number of carbonyl (C=O) groups is 1. The number of fused-ring (bicyclic) bond motifs is 1. The third kappa shape index (κ3) is 3.80. The highest BCUT2D eigenvalue weighted by molar-refractivity contribution is 7.92. The number of aromatic nitrogens is 1. The summed E-state index contributed by atoms with van der Waals surface area (Å²) in [6.07, 6.45) is 1.67. The number of benzene rings is 2. The van der Waals surface area contributed by atoms with Gasteiger partial charge in [-0.1, -0.05) is 0 Å². The van der Waals surface area contributed by atoms with E-state index in [1.165, 1.54) is 10.4 Å². The van der Waals surface area contributed by atoms with Crippen LogP contribution >= 0.6 is 11.3 Å². The highest BCUT2D eigenvalue weighted by atomic mass is 32.2. The average molecular weight is 450 g/mol. The number of sulfonamides is 1. The first-order valence-corrected chi connectivity index (χ1v) is 11.7. The van der Waals surface area contributed by atoms with Crippen LogP contribution < -0.4 is 9.62 Å². The molecule has 0 radical (unpaired) electrons. The number of nitrogens with one attached hydrogen (secondary N) is 1. The van der Waals surface area contributed by atoms with Gasteiger partial charge in [0.2, 0.25) is 10.0 Å². The summed E-state index contributed by atoms with van der Waals surface area (Å²) in [5.41, 5.74) is 2.55. The van der Waals surface area contributed by atoms with E-state index in [9.17, 15) is 22.0 Å². The number of amides is 1. The molecule has 2 heterocycles. The second-order valence-electron chi connectivity index (χ2n) is 7.08. The van der Waals surface area contributed by atoms with E-state index < -0.39 is 27.6 Å². The quantitative estimate of drug-likeness (QED) is 0.652. The van der Waals surface area contributed by atoms with Crippen LogP contribution in [0.5, 0.6) is 0 Å². The fraction of sp³-hybridized carbons (Fsp3) is 0.200. The van der Waals surface area contributed by atoms with Crippen molar-refractivity contribution in [2.24, 2.45) is 0 Å².